The zero-order valence-electron chi connectivity index (χ0n) is 11.6. The van der Waals surface area contributed by atoms with E-state index in [0.717, 1.165) is 5.56 Å². The molecule has 0 aromatic carbocycles. The molecule has 1 N–H and O–H groups in total. The first-order valence-electron chi connectivity index (χ1n) is 6.63. The third-order valence-electron chi connectivity index (χ3n) is 3.20. The Morgan fingerprint density at radius 3 is 2.50 bits per heavy atom. The van der Waals surface area contributed by atoms with Gasteiger partial charge in [0.15, 0.2) is 0 Å². The molecule has 0 bridgehead atoms. The first-order chi connectivity index (χ1) is 9.52. The van der Waals surface area contributed by atoms with Gasteiger partial charge in [0, 0.05) is 31.5 Å². The number of anilines is 1. The molecule has 2 amide bonds. The van der Waals surface area contributed by atoms with Crippen molar-refractivity contribution in [2.45, 2.75) is 33.1 Å². The number of carbonyl (C=O) groups is 2. The average molecular weight is 297 g/mol. The van der Waals surface area contributed by atoms with E-state index in [9.17, 15) is 9.59 Å². The minimum Gasteiger partial charge on any atom is -0.368 e. The number of halogens is 1. The second-order valence-electron chi connectivity index (χ2n) is 4.61. The van der Waals surface area contributed by atoms with Crippen molar-refractivity contribution in [3.8, 4) is 0 Å². The van der Waals surface area contributed by atoms with E-state index in [1.807, 2.05) is 6.92 Å². The van der Waals surface area contributed by atoms with Crippen molar-refractivity contribution in [1.82, 2.24) is 14.9 Å². The maximum Gasteiger partial charge on any atom is 0.229 e. The molecule has 1 fully saturated rings. The molecule has 1 saturated heterocycles. The largest absolute Gasteiger partial charge is 0.368 e. The third kappa shape index (κ3) is 3.07. The topological polar surface area (TPSA) is 75.2 Å². The molecular formula is C13H17ClN4O2. The number of carbonyl (C=O) groups excluding carboxylic acids is 2. The number of hydrogen-bond donors (Lipinski definition) is 1. The first-order valence-corrected chi connectivity index (χ1v) is 7.00. The zero-order valence-corrected chi connectivity index (χ0v) is 12.3. The fraction of sp³-hybridized carbons (Fsp3) is 0.538. The molecule has 0 atom stereocenters. The lowest BCUT2D eigenvalue weighted by Gasteiger charge is -2.16. The standard InChI is InChI=1S/C13H17ClN4O2/c1-3-9-12(14)16-8(2)17-13(9)15-6-7-18-10(19)4-5-11(18)20/h3-7H2,1-2H3,(H,15,16,17). The number of imide groups is 1. The van der Waals surface area contributed by atoms with Crippen molar-refractivity contribution in [2.24, 2.45) is 0 Å². The number of aryl methyl sites for hydroxylation is 1. The van der Waals surface area contributed by atoms with Gasteiger partial charge in [-0.1, -0.05) is 18.5 Å². The molecule has 108 valence electrons. The van der Waals surface area contributed by atoms with Crippen LogP contribution in [0.3, 0.4) is 0 Å². The summed E-state index contributed by atoms with van der Waals surface area (Å²) in [6.07, 6.45) is 1.35. The van der Waals surface area contributed by atoms with E-state index in [1.165, 1.54) is 4.90 Å². The van der Waals surface area contributed by atoms with Gasteiger partial charge in [-0.15, -0.1) is 0 Å². The van der Waals surface area contributed by atoms with E-state index in [1.54, 1.807) is 6.92 Å². The predicted molar refractivity (Wildman–Crippen MR) is 75.6 cm³/mol. The Morgan fingerprint density at radius 2 is 1.90 bits per heavy atom. The van der Waals surface area contributed by atoms with Crippen molar-refractivity contribution in [3.63, 3.8) is 0 Å². The van der Waals surface area contributed by atoms with E-state index >= 15 is 0 Å². The van der Waals surface area contributed by atoms with Crippen LogP contribution in [0.15, 0.2) is 0 Å². The van der Waals surface area contributed by atoms with Crippen molar-refractivity contribution in [3.05, 3.63) is 16.5 Å². The lowest BCUT2D eigenvalue weighted by atomic mass is 10.2. The molecule has 20 heavy (non-hydrogen) atoms. The molecule has 0 saturated carbocycles. The van der Waals surface area contributed by atoms with Gasteiger partial charge in [-0.25, -0.2) is 9.97 Å². The highest BCUT2D eigenvalue weighted by Crippen LogP contribution is 2.21. The molecule has 1 aromatic heterocycles. The molecule has 7 heteroatoms. The van der Waals surface area contributed by atoms with Gasteiger partial charge in [-0.3, -0.25) is 14.5 Å². The smallest absolute Gasteiger partial charge is 0.229 e. The summed E-state index contributed by atoms with van der Waals surface area (Å²) < 4.78 is 0. The van der Waals surface area contributed by atoms with Crippen LogP contribution in [0.2, 0.25) is 5.15 Å². The van der Waals surface area contributed by atoms with Crippen LogP contribution in [0, 0.1) is 6.92 Å². The van der Waals surface area contributed by atoms with E-state index in [0.29, 0.717) is 49.1 Å². The van der Waals surface area contributed by atoms with Crippen molar-refractivity contribution in [1.29, 1.82) is 0 Å². The lowest BCUT2D eigenvalue weighted by Crippen LogP contribution is -2.33. The van der Waals surface area contributed by atoms with Crippen LogP contribution in [0.25, 0.3) is 0 Å². The van der Waals surface area contributed by atoms with Gasteiger partial charge in [0.25, 0.3) is 0 Å². The van der Waals surface area contributed by atoms with Crippen LogP contribution in [-0.2, 0) is 16.0 Å². The average Bonchev–Trinajstić information content (AvgIpc) is 2.70. The fourth-order valence-electron chi connectivity index (χ4n) is 2.18. The number of likely N-dealkylation sites (tertiary alicyclic amines) is 1. The number of amides is 2. The Labute approximate surface area is 122 Å². The van der Waals surface area contributed by atoms with Gasteiger partial charge in [0.05, 0.1) is 0 Å². The Morgan fingerprint density at radius 1 is 1.25 bits per heavy atom. The Bertz CT molecular complexity index is 531. The zero-order chi connectivity index (χ0) is 14.7. The molecule has 2 heterocycles. The summed E-state index contributed by atoms with van der Waals surface area (Å²) in [6, 6.07) is 0. The number of aromatic nitrogens is 2. The normalized spacial score (nSPS) is 15.1. The molecule has 0 unspecified atom stereocenters. The Balaban J connectivity index is 2.01. The maximum atomic E-state index is 11.5. The molecular weight excluding hydrogens is 280 g/mol. The molecule has 0 radical (unpaired) electrons. The van der Waals surface area contributed by atoms with Crippen molar-refractivity contribution >= 4 is 29.2 Å². The van der Waals surface area contributed by atoms with Gasteiger partial charge in [0.1, 0.15) is 16.8 Å². The summed E-state index contributed by atoms with van der Waals surface area (Å²) in [5.74, 6) is 1.04. The minimum absolute atomic E-state index is 0.107. The molecule has 0 spiro atoms. The quantitative estimate of drug-likeness (QED) is 0.659. The molecule has 1 aromatic rings. The monoisotopic (exact) mass is 296 g/mol. The van der Waals surface area contributed by atoms with Gasteiger partial charge in [-0.2, -0.15) is 0 Å². The molecule has 1 aliphatic rings. The first kappa shape index (κ1) is 14.7. The van der Waals surface area contributed by atoms with E-state index in [4.69, 9.17) is 11.6 Å². The highest BCUT2D eigenvalue weighted by atomic mass is 35.5. The van der Waals surface area contributed by atoms with Crippen LogP contribution >= 0.6 is 11.6 Å². The van der Waals surface area contributed by atoms with Crippen molar-refractivity contribution < 1.29 is 9.59 Å². The van der Waals surface area contributed by atoms with E-state index in [2.05, 4.69) is 15.3 Å². The molecule has 1 aliphatic heterocycles. The summed E-state index contributed by atoms with van der Waals surface area (Å²) in [5, 5.41) is 3.57. The minimum atomic E-state index is -0.107. The van der Waals surface area contributed by atoms with Crippen LogP contribution in [0.5, 0.6) is 0 Å². The number of rotatable bonds is 5. The van der Waals surface area contributed by atoms with Crippen LogP contribution in [-0.4, -0.2) is 39.8 Å². The summed E-state index contributed by atoms with van der Waals surface area (Å²) in [4.78, 5) is 32.7. The second kappa shape index (κ2) is 6.17. The van der Waals surface area contributed by atoms with Crippen molar-refractivity contribution in [2.75, 3.05) is 18.4 Å². The third-order valence-corrected chi connectivity index (χ3v) is 3.52. The van der Waals surface area contributed by atoms with E-state index < -0.39 is 0 Å². The number of hydrogen-bond acceptors (Lipinski definition) is 5. The second-order valence-corrected chi connectivity index (χ2v) is 4.97. The number of nitrogens with zero attached hydrogens (tertiary/aromatic N) is 3. The highest BCUT2D eigenvalue weighted by Gasteiger charge is 2.28. The van der Waals surface area contributed by atoms with E-state index in [-0.39, 0.29) is 11.8 Å². The van der Waals surface area contributed by atoms with Gasteiger partial charge in [-0.05, 0) is 13.3 Å². The fourth-order valence-corrected chi connectivity index (χ4v) is 2.52. The lowest BCUT2D eigenvalue weighted by molar-refractivity contribution is -0.138. The highest BCUT2D eigenvalue weighted by molar-refractivity contribution is 6.30. The number of nitrogens with one attached hydrogen (secondary N) is 1. The van der Waals surface area contributed by atoms with Gasteiger partial charge >= 0.3 is 0 Å². The Kier molecular flexibility index (Phi) is 4.54. The molecule has 0 aliphatic carbocycles. The SMILES string of the molecule is CCc1c(Cl)nc(C)nc1NCCN1C(=O)CCC1=O. The summed E-state index contributed by atoms with van der Waals surface area (Å²) >= 11 is 6.08. The maximum absolute atomic E-state index is 11.5. The Hall–Kier alpha value is -1.69. The molecule has 6 nitrogen and oxygen atoms in total. The summed E-state index contributed by atoms with van der Waals surface area (Å²) in [6.45, 7) is 4.54. The van der Waals surface area contributed by atoms with Crippen LogP contribution in [0.4, 0.5) is 5.82 Å². The predicted octanol–water partition coefficient (Wildman–Crippen LogP) is 1.56. The van der Waals surface area contributed by atoms with Gasteiger partial charge in [0.2, 0.25) is 11.8 Å². The van der Waals surface area contributed by atoms with Crippen LogP contribution in [0.1, 0.15) is 31.2 Å². The van der Waals surface area contributed by atoms with Crippen LogP contribution < -0.4 is 5.32 Å². The molecule has 2 rings (SSSR count). The summed E-state index contributed by atoms with van der Waals surface area (Å²) in [5.41, 5.74) is 0.844. The summed E-state index contributed by atoms with van der Waals surface area (Å²) in [7, 11) is 0. The van der Waals surface area contributed by atoms with Gasteiger partial charge < -0.3 is 5.32 Å².